The summed E-state index contributed by atoms with van der Waals surface area (Å²) in [5.41, 5.74) is 6.87. The van der Waals surface area contributed by atoms with Crippen molar-refractivity contribution < 1.29 is 14.3 Å². The average Bonchev–Trinajstić information content (AvgIpc) is 2.57. The van der Waals surface area contributed by atoms with E-state index in [1.807, 2.05) is 24.3 Å². The summed E-state index contributed by atoms with van der Waals surface area (Å²) >= 11 is 5.97. The predicted octanol–water partition coefficient (Wildman–Crippen LogP) is 1.65. The van der Waals surface area contributed by atoms with Crippen LogP contribution in [0.3, 0.4) is 0 Å². The molecular weight excluding hydrogens is 389 g/mol. The molecule has 2 rings (SSSR count). The number of carbonyl (C=O) groups is 1. The highest BCUT2D eigenvalue weighted by atomic mass is 35.5. The third kappa shape index (κ3) is 7.66. The van der Waals surface area contributed by atoms with Crippen molar-refractivity contribution in [2.75, 3.05) is 46.6 Å². The number of benzene rings is 1. The van der Waals surface area contributed by atoms with E-state index >= 15 is 0 Å². The third-order valence-corrected chi connectivity index (χ3v) is 4.15. The van der Waals surface area contributed by atoms with Crippen molar-refractivity contribution >= 4 is 42.3 Å². The second-order valence-electron chi connectivity index (χ2n) is 5.52. The van der Waals surface area contributed by atoms with Crippen LogP contribution in [0.4, 0.5) is 0 Å². The minimum absolute atomic E-state index is 0. The van der Waals surface area contributed by atoms with Gasteiger partial charge in [-0.15, -0.1) is 24.8 Å². The summed E-state index contributed by atoms with van der Waals surface area (Å²) in [6, 6.07) is 7.12. The van der Waals surface area contributed by atoms with E-state index in [0.717, 1.165) is 18.7 Å². The second-order valence-corrected chi connectivity index (χ2v) is 5.96. The molecular formula is C16H26Cl3N3O3. The van der Waals surface area contributed by atoms with Gasteiger partial charge in [0.15, 0.2) is 0 Å². The van der Waals surface area contributed by atoms with Gasteiger partial charge in [0.05, 0.1) is 25.9 Å². The van der Waals surface area contributed by atoms with Crippen molar-refractivity contribution in [3.05, 3.63) is 34.9 Å². The van der Waals surface area contributed by atoms with Gasteiger partial charge in [-0.05, 0) is 17.7 Å². The van der Waals surface area contributed by atoms with Crippen molar-refractivity contribution in [3.63, 3.8) is 0 Å². The van der Waals surface area contributed by atoms with Gasteiger partial charge >= 0.3 is 0 Å². The van der Waals surface area contributed by atoms with Gasteiger partial charge in [-0.3, -0.25) is 9.69 Å². The van der Waals surface area contributed by atoms with Crippen LogP contribution in [0.25, 0.3) is 0 Å². The molecule has 1 aromatic carbocycles. The number of amides is 1. The van der Waals surface area contributed by atoms with Crippen LogP contribution < -0.4 is 11.1 Å². The number of hydrogen-bond acceptors (Lipinski definition) is 5. The van der Waals surface area contributed by atoms with Gasteiger partial charge in [-0.1, -0.05) is 23.7 Å². The van der Waals surface area contributed by atoms with Gasteiger partial charge in [0, 0.05) is 31.8 Å². The van der Waals surface area contributed by atoms with Crippen molar-refractivity contribution in [2.45, 2.75) is 12.1 Å². The van der Waals surface area contributed by atoms with Crippen molar-refractivity contribution in [2.24, 2.45) is 5.73 Å². The van der Waals surface area contributed by atoms with E-state index in [1.165, 1.54) is 7.11 Å². The Kier molecular flexibility index (Phi) is 12.4. The molecule has 144 valence electrons. The lowest BCUT2D eigenvalue weighted by Gasteiger charge is -2.35. The largest absolute Gasteiger partial charge is 0.383 e. The van der Waals surface area contributed by atoms with Crippen LogP contribution in [0.1, 0.15) is 11.6 Å². The van der Waals surface area contributed by atoms with Gasteiger partial charge in [0.1, 0.15) is 6.04 Å². The molecule has 2 unspecified atom stereocenters. The standard InChI is InChI=1S/C16H24ClN3O3.2ClH/c1-22-11-14(18)16(21)19-10-15(20-6-8-23-9-7-20)12-2-4-13(17)5-3-12;;/h2-5,14-15H,6-11,18H2,1H3,(H,19,21);2*1H. The summed E-state index contributed by atoms with van der Waals surface area (Å²) in [5, 5.41) is 3.61. The number of halogens is 3. The van der Waals surface area contributed by atoms with E-state index in [1.54, 1.807) is 0 Å². The maximum absolute atomic E-state index is 12.0. The van der Waals surface area contributed by atoms with Gasteiger partial charge in [0.2, 0.25) is 5.91 Å². The van der Waals surface area contributed by atoms with E-state index in [-0.39, 0.29) is 43.4 Å². The lowest BCUT2D eigenvalue weighted by Crippen LogP contribution is -2.48. The van der Waals surface area contributed by atoms with Crippen LogP contribution in [0.5, 0.6) is 0 Å². The van der Waals surface area contributed by atoms with E-state index in [4.69, 9.17) is 26.8 Å². The fourth-order valence-corrected chi connectivity index (χ4v) is 2.74. The Labute approximate surface area is 166 Å². The molecule has 2 atom stereocenters. The van der Waals surface area contributed by atoms with Crippen molar-refractivity contribution in [1.29, 1.82) is 0 Å². The van der Waals surface area contributed by atoms with Crippen LogP contribution in [-0.2, 0) is 14.3 Å². The molecule has 1 aromatic rings. The Morgan fingerprint density at radius 1 is 1.32 bits per heavy atom. The molecule has 0 saturated carbocycles. The lowest BCUT2D eigenvalue weighted by molar-refractivity contribution is -0.123. The maximum Gasteiger partial charge on any atom is 0.239 e. The van der Waals surface area contributed by atoms with Crippen LogP contribution in [-0.4, -0.2) is 63.4 Å². The Hall–Kier alpha value is -0.600. The number of morpholine rings is 1. The predicted molar refractivity (Wildman–Crippen MR) is 104 cm³/mol. The fraction of sp³-hybridized carbons (Fsp3) is 0.562. The number of rotatable bonds is 7. The molecule has 9 heteroatoms. The first kappa shape index (κ1) is 24.4. The fourth-order valence-electron chi connectivity index (χ4n) is 2.62. The quantitative estimate of drug-likeness (QED) is 0.709. The van der Waals surface area contributed by atoms with Crippen molar-refractivity contribution in [3.8, 4) is 0 Å². The van der Waals surface area contributed by atoms with Crippen LogP contribution in [0.15, 0.2) is 24.3 Å². The molecule has 1 aliphatic rings. The smallest absolute Gasteiger partial charge is 0.239 e. The number of nitrogens with one attached hydrogen (secondary N) is 1. The van der Waals surface area contributed by atoms with Crippen LogP contribution in [0.2, 0.25) is 5.02 Å². The molecule has 0 radical (unpaired) electrons. The molecule has 1 amide bonds. The van der Waals surface area contributed by atoms with E-state index in [9.17, 15) is 4.79 Å². The normalized spacial score (nSPS) is 16.9. The number of ether oxygens (including phenoxy) is 2. The van der Waals surface area contributed by atoms with E-state index < -0.39 is 6.04 Å². The SMILES string of the molecule is COCC(N)C(=O)NCC(c1ccc(Cl)cc1)N1CCOCC1.Cl.Cl. The number of hydrogen-bond donors (Lipinski definition) is 2. The Balaban J connectivity index is 0.00000288. The Bertz CT molecular complexity index is 499. The zero-order valence-corrected chi connectivity index (χ0v) is 16.5. The summed E-state index contributed by atoms with van der Waals surface area (Å²) in [6.45, 7) is 3.73. The molecule has 1 aliphatic heterocycles. The zero-order chi connectivity index (χ0) is 16.7. The first-order valence-electron chi connectivity index (χ1n) is 7.71. The number of nitrogens with zero attached hydrogens (tertiary/aromatic N) is 1. The molecule has 1 heterocycles. The molecule has 1 saturated heterocycles. The van der Waals surface area contributed by atoms with Crippen molar-refractivity contribution in [1.82, 2.24) is 10.2 Å². The minimum atomic E-state index is -0.657. The lowest BCUT2D eigenvalue weighted by atomic mass is 10.0. The van der Waals surface area contributed by atoms with E-state index in [0.29, 0.717) is 24.8 Å². The van der Waals surface area contributed by atoms with Gasteiger partial charge in [-0.2, -0.15) is 0 Å². The van der Waals surface area contributed by atoms with Gasteiger partial charge in [-0.25, -0.2) is 0 Å². The highest BCUT2D eigenvalue weighted by Crippen LogP contribution is 2.23. The third-order valence-electron chi connectivity index (χ3n) is 3.89. The van der Waals surface area contributed by atoms with Gasteiger partial charge < -0.3 is 20.5 Å². The van der Waals surface area contributed by atoms with E-state index in [2.05, 4.69) is 10.2 Å². The Morgan fingerprint density at radius 2 is 1.92 bits per heavy atom. The molecule has 0 aliphatic carbocycles. The number of nitrogens with two attached hydrogens (primary N) is 1. The number of methoxy groups -OCH3 is 1. The average molecular weight is 415 g/mol. The summed E-state index contributed by atoms with van der Waals surface area (Å²) < 4.78 is 10.3. The molecule has 1 fully saturated rings. The molecule has 6 nitrogen and oxygen atoms in total. The monoisotopic (exact) mass is 413 g/mol. The van der Waals surface area contributed by atoms with Gasteiger partial charge in [0.25, 0.3) is 0 Å². The molecule has 0 bridgehead atoms. The minimum Gasteiger partial charge on any atom is -0.383 e. The molecule has 25 heavy (non-hydrogen) atoms. The summed E-state index contributed by atoms with van der Waals surface area (Å²) in [7, 11) is 1.53. The molecule has 3 N–H and O–H groups in total. The maximum atomic E-state index is 12.0. The Morgan fingerprint density at radius 3 is 2.48 bits per heavy atom. The molecule has 0 aromatic heterocycles. The first-order chi connectivity index (χ1) is 11.1. The zero-order valence-electron chi connectivity index (χ0n) is 14.2. The second kappa shape index (κ2) is 12.7. The first-order valence-corrected chi connectivity index (χ1v) is 8.09. The summed E-state index contributed by atoms with van der Waals surface area (Å²) in [6.07, 6.45) is 0. The molecule has 0 spiro atoms. The highest BCUT2D eigenvalue weighted by Gasteiger charge is 2.24. The highest BCUT2D eigenvalue weighted by molar-refractivity contribution is 6.30. The van der Waals surface area contributed by atoms with Crippen LogP contribution in [0, 0.1) is 0 Å². The summed E-state index contributed by atoms with van der Waals surface area (Å²) in [5.74, 6) is -0.209. The summed E-state index contributed by atoms with van der Waals surface area (Å²) in [4.78, 5) is 14.3. The topological polar surface area (TPSA) is 76.8 Å². The number of carbonyl (C=O) groups excluding carboxylic acids is 1. The van der Waals surface area contributed by atoms with Crippen LogP contribution >= 0.6 is 36.4 Å².